The number of hydrogen-bond donors (Lipinski definition) is 2. The minimum atomic E-state index is 0. The lowest BCUT2D eigenvalue weighted by molar-refractivity contribution is 0.729. The molecule has 98 valence electrons. The number of fused-ring (bicyclic) bond motifs is 1. The van der Waals surface area contributed by atoms with Crippen LogP contribution in [0.5, 0.6) is 0 Å². The summed E-state index contributed by atoms with van der Waals surface area (Å²) < 4.78 is 2.00. The number of aryl methyl sites for hydroxylation is 1. The molecular weight excluding hydrogens is 343 g/mol. The highest BCUT2D eigenvalue weighted by Gasteiger charge is 2.03. The number of aliphatic imine (C=N–C) groups is 1. The summed E-state index contributed by atoms with van der Waals surface area (Å²) in [7, 11) is 1.66. The fourth-order valence-corrected chi connectivity index (χ4v) is 1.60. The smallest absolute Gasteiger partial charge is 0.188 e. The van der Waals surface area contributed by atoms with Crippen molar-refractivity contribution in [3.8, 4) is 0 Å². The number of halogens is 1. The zero-order valence-corrected chi connectivity index (χ0v) is 12.5. The van der Waals surface area contributed by atoms with E-state index in [1.165, 1.54) is 0 Å². The number of guanidine groups is 1. The van der Waals surface area contributed by atoms with Crippen LogP contribution in [0.2, 0.25) is 0 Å². The highest BCUT2D eigenvalue weighted by molar-refractivity contribution is 14.0. The molecule has 0 aliphatic carbocycles. The second-order valence-corrected chi connectivity index (χ2v) is 3.68. The normalized spacial score (nSPS) is 11.3. The van der Waals surface area contributed by atoms with Gasteiger partial charge in [0.1, 0.15) is 5.82 Å². The summed E-state index contributed by atoms with van der Waals surface area (Å²) in [5, 5.41) is 11.3. The van der Waals surface area contributed by atoms with Crippen LogP contribution in [0.4, 0.5) is 0 Å². The Bertz CT molecular complexity index is 521. The van der Waals surface area contributed by atoms with E-state index in [0.717, 1.165) is 30.9 Å². The molecule has 0 spiro atoms. The molecule has 0 saturated heterocycles. The van der Waals surface area contributed by atoms with E-state index >= 15 is 0 Å². The van der Waals surface area contributed by atoms with Gasteiger partial charge in [-0.3, -0.25) is 9.39 Å². The van der Waals surface area contributed by atoms with Crippen molar-refractivity contribution in [3.63, 3.8) is 0 Å². The molecule has 0 radical (unpaired) electrons. The zero-order valence-electron chi connectivity index (χ0n) is 10.2. The highest BCUT2D eigenvalue weighted by atomic mass is 127. The summed E-state index contributed by atoms with van der Waals surface area (Å²) in [5.74, 6) is 1.44. The van der Waals surface area contributed by atoms with Gasteiger partial charge in [-0.2, -0.15) is 0 Å². The van der Waals surface area contributed by atoms with Crippen LogP contribution in [0, 0.1) is 0 Å². The molecule has 0 amide bonds. The Morgan fingerprint density at radius 3 is 3.06 bits per heavy atom. The Morgan fingerprint density at radius 2 is 2.28 bits per heavy atom. The minimum absolute atomic E-state index is 0. The maximum atomic E-state index is 5.53. The number of nitrogens with one attached hydrogen (secondary N) is 1. The van der Waals surface area contributed by atoms with E-state index in [1.807, 2.05) is 28.8 Å². The fraction of sp³-hybridized carbons (Fsp3) is 0.364. The van der Waals surface area contributed by atoms with Crippen LogP contribution in [0.3, 0.4) is 0 Å². The van der Waals surface area contributed by atoms with Crippen molar-refractivity contribution in [3.05, 3.63) is 30.2 Å². The number of hydrogen-bond acceptors (Lipinski definition) is 3. The van der Waals surface area contributed by atoms with E-state index in [0.29, 0.717) is 5.96 Å². The van der Waals surface area contributed by atoms with E-state index in [9.17, 15) is 0 Å². The van der Waals surface area contributed by atoms with E-state index in [-0.39, 0.29) is 24.0 Å². The summed E-state index contributed by atoms with van der Waals surface area (Å²) in [5.41, 5.74) is 6.41. The van der Waals surface area contributed by atoms with Gasteiger partial charge in [-0.1, -0.05) is 6.07 Å². The van der Waals surface area contributed by atoms with E-state index < -0.39 is 0 Å². The SMILES string of the molecule is CN=C(N)NCCCc1nnc2ccccn12.I. The molecule has 0 unspecified atom stereocenters. The van der Waals surface area contributed by atoms with Crippen molar-refractivity contribution in [1.82, 2.24) is 19.9 Å². The van der Waals surface area contributed by atoms with Crippen molar-refractivity contribution in [1.29, 1.82) is 0 Å². The summed E-state index contributed by atoms with van der Waals surface area (Å²) in [4.78, 5) is 3.82. The lowest BCUT2D eigenvalue weighted by Gasteiger charge is -2.03. The summed E-state index contributed by atoms with van der Waals surface area (Å²) >= 11 is 0. The van der Waals surface area contributed by atoms with Gasteiger partial charge in [0.25, 0.3) is 0 Å². The van der Waals surface area contributed by atoms with Gasteiger partial charge >= 0.3 is 0 Å². The van der Waals surface area contributed by atoms with Crippen molar-refractivity contribution in [2.45, 2.75) is 12.8 Å². The molecule has 0 fully saturated rings. The predicted molar refractivity (Wildman–Crippen MR) is 82.3 cm³/mol. The zero-order chi connectivity index (χ0) is 12.1. The maximum Gasteiger partial charge on any atom is 0.188 e. The third kappa shape index (κ3) is 3.56. The Morgan fingerprint density at radius 1 is 1.44 bits per heavy atom. The quantitative estimate of drug-likeness (QED) is 0.366. The van der Waals surface area contributed by atoms with Crippen LogP contribution in [-0.2, 0) is 6.42 Å². The molecule has 2 rings (SSSR count). The molecule has 0 aliphatic rings. The summed E-state index contributed by atoms with van der Waals surface area (Å²) in [6.45, 7) is 0.783. The lowest BCUT2D eigenvalue weighted by Crippen LogP contribution is -2.32. The molecule has 2 heterocycles. The summed E-state index contributed by atoms with van der Waals surface area (Å²) in [6, 6.07) is 5.87. The first-order chi connectivity index (χ1) is 8.31. The van der Waals surface area contributed by atoms with Crippen LogP contribution in [0.25, 0.3) is 5.65 Å². The van der Waals surface area contributed by atoms with Crippen LogP contribution in [0.15, 0.2) is 29.4 Å². The second-order valence-electron chi connectivity index (χ2n) is 3.68. The van der Waals surface area contributed by atoms with Crippen molar-refractivity contribution < 1.29 is 0 Å². The average Bonchev–Trinajstić information content (AvgIpc) is 2.78. The van der Waals surface area contributed by atoms with E-state index in [1.54, 1.807) is 7.05 Å². The molecule has 0 saturated carbocycles. The molecule has 7 heteroatoms. The van der Waals surface area contributed by atoms with Crippen molar-refractivity contribution in [2.24, 2.45) is 10.7 Å². The Labute approximate surface area is 123 Å². The summed E-state index contributed by atoms with van der Waals surface area (Å²) in [6.07, 6.45) is 3.76. The molecule has 6 nitrogen and oxygen atoms in total. The topological polar surface area (TPSA) is 80.6 Å². The van der Waals surface area contributed by atoms with E-state index in [2.05, 4.69) is 20.5 Å². The lowest BCUT2D eigenvalue weighted by atomic mass is 10.3. The van der Waals surface area contributed by atoms with Crippen LogP contribution >= 0.6 is 24.0 Å². The van der Waals surface area contributed by atoms with Gasteiger partial charge in [0.15, 0.2) is 11.6 Å². The van der Waals surface area contributed by atoms with Gasteiger partial charge < -0.3 is 11.1 Å². The van der Waals surface area contributed by atoms with Gasteiger partial charge in [0, 0.05) is 26.2 Å². The first-order valence-electron chi connectivity index (χ1n) is 5.56. The molecule has 0 aliphatic heterocycles. The third-order valence-electron chi connectivity index (χ3n) is 2.51. The minimum Gasteiger partial charge on any atom is -0.370 e. The Balaban J connectivity index is 0.00000162. The Kier molecular flexibility index (Phi) is 5.83. The molecule has 3 N–H and O–H groups in total. The standard InChI is InChI=1S/C11H16N6.HI/c1-13-11(12)14-7-4-6-10-16-15-9-5-2-3-8-17(9)10;/h2-3,5,8H,4,6-7H2,1H3,(H3,12,13,14);1H. The van der Waals surface area contributed by atoms with Gasteiger partial charge in [-0.05, 0) is 18.6 Å². The van der Waals surface area contributed by atoms with Crippen molar-refractivity contribution in [2.75, 3.05) is 13.6 Å². The first kappa shape index (κ1) is 14.7. The largest absolute Gasteiger partial charge is 0.370 e. The van der Waals surface area contributed by atoms with Crippen LogP contribution in [-0.4, -0.2) is 34.2 Å². The molecule has 18 heavy (non-hydrogen) atoms. The first-order valence-corrected chi connectivity index (χ1v) is 5.56. The van der Waals surface area contributed by atoms with Gasteiger partial charge in [-0.25, -0.2) is 0 Å². The Hall–Kier alpha value is -1.38. The predicted octanol–water partition coefficient (Wildman–Crippen LogP) is 0.814. The second kappa shape index (κ2) is 7.14. The van der Waals surface area contributed by atoms with Gasteiger partial charge in [-0.15, -0.1) is 34.2 Å². The molecule has 0 bridgehead atoms. The number of nitrogens with zero attached hydrogens (tertiary/aromatic N) is 4. The number of nitrogens with two attached hydrogens (primary N) is 1. The number of pyridine rings is 1. The molecule has 2 aromatic rings. The number of aromatic nitrogens is 3. The average molecular weight is 360 g/mol. The molecule has 0 atom stereocenters. The van der Waals surface area contributed by atoms with Crippen LogP contribution < -0.4 is 11.1 Å². The highest BCUT2D eigenvalue weighted by Crippen LogP contribution is 2.04. The fourth-order valence-electron chi connectivity index (χ4n) is 1.60. The monoisotopic (exact) mass is 360 g/mol. The third-order valence-corrected chi connectivity index (χ3v) is 2.51. The molecule has 2 aromatic heterocycles. The maximum absolute atomic E-state index is 5.53. The molecule has 0 aromatic carbocycles. The molecular formula is C11H17IN6. The number of rotatable bonds is 4. The van der Waals surface area contributed by atoms with Crippen molar-refractivity contribution >= 4 is 35.6 Å². The van der Waals surface area contributed by atoms with Gasteiger partial charge in [0.2, 0.25) is 0 Å². The van der Waals surface area contributed by atoms with E-state index in [4.69, 9.17) is 5.73 Å². The van der Waals surface area contributed by atoms with Gasteiger partial charge in [0.05, 0.1) is 0 Å². The van der Waals surface area contributed by atoms with Crippen LogP contribution in [0.1, 0.15) is 12.2 Å².